The van der Waals surface area contributed by atoms with Crippen LogP contribution in [0.1, 0.15) is 60.7 Å². The molecule has 166 valence electrons. The maximum atomic E-state index is 14.5. The van der Waals surface area contributed by atoms with Crippen LogP contribution in [-0.2, 0) is 15.6 Å². The summed E-state index contributed by atoms with van der Waals surface area (Å²) in [6.45, 7) is 7.95. The standard InChI is InChI=1S/C25H26FN3O3/c1-15-5-7-19(20(26)11-15)25(9-10-25)23(32)28-17-6-8-21(18(12-17)22(30)31)29-14-16(13-27-29)24(2,3)4/h5-8,11-14H,9-10H2,1-4H3,(H,28,32)(H,30,31). The van der Waals surface area contributed by atoms with Crippen molar-refractivity contribution >= 4 is 17.6 Å². The zero-order valence-electron chi connectivity index (χ0n) is 18.6. The molecule has 6 nitrogen and oxygen atoms in total. The van der Waals surface area contributed by atoms with Gasteiger partial charge in [-0.15, -0.1) is 0 Å². The van der Waals surface area contributed by atoms with Crippen LogP contribution in [0.15, 0.2) is 48.8 Å². The van der Waals surface area contributed by atoms with Crippen LogP contribution in [0.5, 0.6) is 0 Å². The van der Waals surface area contributed by atoms with Crippen LogP contribution in [0.4, 0.5) is 10.1 Å². The van der Waals surface area contributed by atoms with E-state index in [0.29, 0.717) is 29.8 Å². The molecule has 1 fully saturated rings. The number of halogens is 1. The summed E-state index contributed by atoms with van der Waals surface area (Å²) in [6, 6.07) is 9.54. The van der Waals surface area contributed by atoms with Crippen molar-refractivity contribution in [2.24, 2.45) is 0 Å². The van der Waals surface area contributed by atoms with E-state index in [1.165, 1.54) is 16.8 Å². The molecule has 0 radical (unpaired) electrons. The summed E-state index contributed by atoms with van der Waals surface area (Å²) >= 11 is 0. The van der Waals surface area contributed by atoms with E-state index in [4.69, 9.17) is 0 Å². The van der Waals surface area contributed by atoms with Gasteiger partial charge in [-0.25, -0.2) is 13.9 Å². The maximum Gasteiger partial charge on any atom is 0.337 e. The number of nitrogens with one attached hydrogen (secondary N) is 1. The second kappa shape index (κ2) is 7.58. The summed E-state index contributed by atoms with van der Waals surface area (Å²) in [7, 11) is 0. The molecule has 32 heavy (non-hydrogen) atoms. The summed E-state index contributed by atoms with van der Waals surface area (Å²) in [5.74, 6) is -1.86. The molecule has 1 aliphatic carbocycles. The molecule has 2 aromatic carbocycles. The Morgan fingerprint density at radius 1 is 1.16 bits per heavy atom. The van der Waals surface area contributed by atoms with E-state index in [0.717, 1.165) is 11.1 Å². The van der Waals surface area contributed by atoms with Gasteiger partial charge in [0.2, 0.25) is 5.91 Å². The Labute approximate surface area is 186 Å². The lowest BCUT2D eigenvalue weighted by atomic mass is 9.90. The first-order valence-corrected chi connectivity index (χ1v) is 10.5. The van der Waals surface area contributed by atoms with Gasteiger partial charge in [0.05, 0.1) is 22.9 Å². The van der Waals surface area contributed by atoms with E-state index < -0.39 is 17.2 Å². The SMILES string of the molecule is Cc1ccc(C2(C(=O)Nc3ccc(-n4cc(C(C)(C)C)cn4)c(C(=O)O)c3)CC2)c(F)c1. The van der Waals surface area contributed by atoms with Crippen molar-refractivity contribution in [3.05, 3.63) is 76.9 Å². The molecule has 4 rings (SSSR count). The van der Waals surface area contributed by atoms with Crippen molar-refractivity contribution in [3.8, 4) is 5.69 Å². The molecule has 2 N–H and O–H groups in total. The number of carbonyl (C=O) groups is 2. The second-order valence-electron chi connectivity index (χ2n) is 9.48. The number of carboxylic acids is 1. The molecule has 1 aliphatic rings. The zero-order valence-corrected chi connectivity index (χ0v) is 18.6. The molecule has 1 saturated carbocycles. The molecular weight excluding hydrogens is 409 g/mol. The number of rotatable bonds is 5. The molecule has 0 atom stereocenters. The highest BCUT2D eigenvalue weighted by molar-refractivity contribution is 6.02. The fraction of sp³-hybridized carbons (Fsp3) is 0.320. The topological polar surface area (TPSA) is 84.2 Å². The molecule has 0 saturated heterocycles. The summed E-state index contributed by atoms with van der Waals surface area (Å²) in [5, 5.41) is 16.9. The molecule has 0 spiro atoms. The smallest absolute Gasteiger partial charge is 0.337 e. The van der Waals surface area contributed by atoms with Gasteiger partial charge in [-0.1, -0.05) is 32.9 Å². The number of anilines is 1. The minimum absolute atomic E-state index is 0.0118. The Balaban J connectivity index is 1.63. The molecular formula is C25H26FN3O3. The van der Waals surface area contributed by atoms with E-state index in [2.05, 4.69) is 31.2 Å². The average Bonchev–Trinajstić information content (AvgIpc) is 3.35. The number of carboxylic acid groups (broad SMARTS) is 1. The first kappa shape index (κ1) is 21.7. The van der Waals surface area contributed by atoms with Crippen LogP contribution in [0.25, 0.3) is 5.69 Å². The minimum atomic E-state index is -1.13. The molecule has 1 aromatic heterocycles. The van der Waals surface area contributed by atoms with Gasteiger partial charge in [0.25, 0.3) is 0 Å². The van der Waals surface area contributed by atoms with Crippen molar-refractivity contribution in [3.63, 3.8) is 0 Å². The maximum absolute atomic E-state index is 14.5. The number of amides is 1. The van der Waals surface area contributed by atoms with Crippen LogP contribution < -0.4 is 5.32 Å². The number of aryl methyl sites for hydroxylation is 1. The second-order valence-corrected chi connectivity index (χ2v) is 9.48. The van der Waals surface area contributed by atoms with Crippen molar-refractivity contribution in [1.29, 1.82) is 0 Å². The first-order chi connectivity index (χ1) is 15.0. The lowest BCUT2D eigenvalue weighted by Crippen LogP contribution is -2.29. The van der Waals surface area contributed by atoms with Gasteiger partial charge in [0, 0.05) is 17.4 Å². The van der Waals surface area contributed by atoms with E-state index in [1.54, 1.807) is 43.6 Å². The molecule has 0 aliphatic heterocycles. The summed E-state index contributed by atoms with van der Waals surface area (Å²) < 4.78 is 16.0. The third-order valence-corrected chi connectivity index (χ3v) is 6.01. The predicted octanol–water partition coefficient (Wildman–Crippen LogP) is 4.99. The Bertz CT molecular complexity index is 1220. The van der Waals surface area contributed by atoms with Gasteiger partial charge in [0.1, 0.15) is 5.82 Å². The van der Waals surface area contributed by atoms with Crippen LogP contribution >= 0.6 is 0 Å². The summed E-state index contributed by atoms with van der Waals surface area (Å²) in [4.78, 5) is 25.0. The zero-order chi connectivity index (χ0) is 23.3. The molecule has 3 aromatic rings. The predicted molar refractivity (Wildman–Crippen MR) is 120 cm³/mol. The van der Waals surface area contributed by atoms with Crippen molar-refractivity contribution in [2.75, 3.05) is 5.32 Å². The Kier molecular flexibility index (Phi) is 5.15. The Hall–Kier alpha value is -3.48. The van der Waals surface area contributed by atoms with E-state index in [-0.39, 0.29) is 16.9 Å². The van der Waals surface area contributed by atoms with Crippen LogP contribution in [0, 0.1) is 12.7 Å². The average molecular weight is 435 g/mol. The van der Waals surface area contributed by atoms with Gasteiger partial charge in [0.15, 0.2) is 0 Å². The quantitative estimate of drug-likeness (QED) is 0.592. The molecule has 0 bridgehead atoms. The van der Waals surface area contributed by atoms with Gasteiger partial charge < -0.3 is 10.4 Å². The lowest BCUT2D eigenvalue weighted by Gasteiger charge is -2.18. The Morgan fingerprint density at radius 2 is 1.88 bits per heavy atom. The van der Waals surface area contributed by atoms with Gasteiger partial charge in [-0.2, -0.15) is 5.10 Å². The summed E-state index contributed by atoms with van der Waals surface area (Å²) in [5.41, 5.74) is 1.86. The highest BCUT2D eigenvalue weighted by atomic mass is 19.1. The number of hydrogen-bond acceptors (Lipinski definition) is 3. The molecule has 1 heterocycles. The third kappa shape index (κ3) is 3.90. The van der Waals surface area contributed by atoms with Crippen molar-refractivity contribution in [1.82, 2.24) is 9.78 Å². The Morgan fingerprint density at radius 3 is 2.44 bits per heavy atom. The number of benzene rings is 2. The van der Waals surface area contributed by atoms with Crippen molar-refractivity contribution in [2.45, 2.75) is 51.4 Å². The summed E-state index contributed by atoms with van der Waals surface area (Å²) in [6.07, 6.45) is 4.62. The van der Waals surface area contributed by atoms with Gasteiger partial charge >= 0.3 is 5.97 Å². The molecule has 0 unspecified atom stereocenters. The minimum Gasteiger partial charge on any atom is -0.478 e. The van der Waals surface area contributed by atoms with Crippen LogP contribution in [0.3, 0.4) is 0 Å². The number of hydrogen-bond donors (Lipinski definition) is 2. The monoisotopic (exact) mass is 435 g/mol. The molecule has 7 heteroatoms. The number of nitrogens with zero attached hydrogens (tertiary/aromatic N) is 2. The van der Waals surface area contributed by atoms with E-state index in [9.17, 15) is 19.1 Å². The third-order valence-electron chi connectivity index (χ3n) is 6.01. The number of carbonyl (C=O) groups excluding carboxylic acids is 1. The normalized spacial score (nSPS) is 14.8. The fourth-order valence-electron chi connectivity index (χ4n) is 3.83. The van der Waals surface area contributed by atoms with Crippen LogP contribution in [0.2, 0.25) is 0 Å². The van der Waals surface area contributed by atoms with E-state index in [1.807, 2.05) is 0 Å². The lowest BCUT2D eigenvalue weighted by molar-refractivity contribution is -0.118. The number of aromatic nitrogens is 2. The highest BCUT2D eigenvalue weighted by Gasteiger charge is 2.52. The highest BCUT2D eigenvalue weighted by Crippen LogP contribution is 2.50. The first-order valence-electron chi connectivity index (χ1n) is 10.5. The van der Waals surface area contributed by atoms with Crippen molar-refractivity contribution < 1.29 is 19.1 Å². The number of aromatic carboxylic acids is 1. The van der Waals surface area contributed by atoms with Gasteiger partial charge in [-0.3, -0.25) is 4.79 Å². The largest absolute Gasteiger partial charge is 0.478 e. The van der Waals surface area contributed by atoms with E-state index >= 15 is 0 Å². The van der Waals surface area contributed by atoms with Gasteiger partial charge in [-0.05, 0) is 60.6 Å². The van der Waals surface area contributed by atoms with Crippen LogP contribution in [-0.4, -0.2) is 26.8 Å². The fourth-order valence-corrected chi connectivity index (χ4v) is 3.83. The molecule has 1 amide bonds.